The fourth-order valence-electron chi connectivity index (χ4n) is 2.22. The Morgan fingerprint density at radius 2 is 1.53 bits per heavy atom. The highest BCUT2D eigenvalue weighted by atomic mass is 16.4. The normalized spacial score (nSPS) is 12.9. The summed E-state index contributed by atoms with van der Waals surface area (Å²) >= 11 is 0. The van der Waals surface area contributed by atoms with Crippen molar-refractivity contribution in [1.82, 2.24) is 0 Å². The molecule has 0 aromatic carbocycles. The van der Waals surface area contributed by atoms with Crippen LogP contribution in [0.25, 0.3) is 0 Å². The van der Waals surface area contributed by atoms with E-state index < -0.39 is 5.97 Å². The lowest BCUT2D eigenvalue weighted by atomic mass is 10.0. The SMILES string of the molecule is CCCCCCCCCC/C=C/CC(CC)C(=O)O. The van der Waals surface area contributed by atoms with Gasteiger partial charge in [-0.2, -0.15) is 0 Å². The van der Waals surface area contributed by atoms with Gasteiger partial charge in [0.05, 0.1) is 5.92 Å². The number of unbranched alkanes of at least 4 members (excludes halogenated alkanes) is 8. The number of rotatable bonds is 13. The second-order valence-corrected chi connectivity index (χ2v) is 5.41. The van der Waals surface area contributed by atoms with Crippen molar-refractivity contribution in [2.24, 2.45) is 5.92 Å². The van der Waals surface area contributed by atoms with Gasteiger partial charge in [0.15, 0.2) is 0 Å². The standard InChI is InChI=1S/C17H32O2/c1-3-5-6-7-8-9-10-11-12-13-14-15-16(4-2)17(18)19/h13-14,16H,3-12,15H2,1-2H3,(H,18,19)/b14-13+. The van der Waals surface area contributed by atoms with Gasteiger partial charge in [-0.15, -0.1) is 0 Å². The van der Waals surface area contributed by atoms with E-state index in [2.05, 4.69) is 13.0 Å². The molecule has 1 N–H and O–H groups in total. The number of aliphatic carboxylic acids is 1. The number of hydrogen-bond donors (Lipinski definition) is 1. The number of hydrogen-bond acceptors (Lipinski definition) is 1. The van der Waals surface area contributed by atoms with Gasteiger partial charge in [0, 0.05) is 0 Å². The third-order valence-electron chi connectivity index (χ3n) is 3.65. The molecule has 0 rings (SSSR count). The molecule has 19 heavy (non-hydrogen) atoms. The van der Waals surface area contributed by atoms with E-state index in [0.717, 1.165) is 12.8 Å². The van der Waals surface area contributed by atoms with Crippen molar-refractivity contribution in [2.75, 3.05) is 0 Å². The van der Waals surface area contributed by atoms with E-state index in [1.165, 1.54) is 51.4 Å². The molecule has 0 spiro atoms. The second kappa shape index (κ2) is 13.6. The van der Waals surface area contributed by atoms with Crippen molar-refractivity contribution in [2.45, 2.75) is 84.5 Å². The molecule has 1 atom stereocenters. The predicted octanol–water partition coefficient (Wildman–Crippen LogP) is 5.57. The molecule has 0 fully saturated rings. The van der Waals surface area contributed by atoms with Gasteiger partial charge >= 0.3 is 5.97 Å². The molecule has 0 radical (unpaired) electrons. The Hall–Kier alpha value is -0.790. The summed E-state index contributed by atoms with van der Waals surface area (Å²) in [5.41, 5.74) is 0. The van der Waals surface area contributed by atoms with Crippen LogP contribution in [0.1, 0.15) is 84.5 Å². The molecule has 2 heteroatoms. The van der Waals surface area contributed by atoms with Crippen LogP contribution in [0.2, 0.25) is 0 Å². The number of carboxylic acid groups (broad SMARTS) is 1. The third-order valence-corrected chi connectivity index (χ3v) is 3.65. The van der Waals surface area contributed by atoms with Crippen molar-refractivity contribution >= 4 is 5.97 Å². The Labute approximate surface area is 119 Å². The molecule has 0 aromatic rings. The molecule has 0 aromatic heterocycles. The van der Waals surface area contributed by atoms with Gasteiger partial charge in [-0.25, -0.2) is 0 Å². The summed E-state index contributed by atoms with van der Waals surface area (Å²) in [5, 5.41) is 8.90. The van der Waals surface area contributed by atoms with E-state index in [1.54, 1.807) is 0 Å². The zero-order chi connectivity index (χ0) is 14.3. The van der Waals surface area contributed by atoms with E-state index >= 15 is 0 Å². The number of allylic oxidation sites excluding steroid dienone is 2. The second-order valence-electron chi connectivity index (χ2n) is 5.41. The first-order chi connectivity index (χ1) is 9.22. The molecule has 0 saturated carbocycles. The van der Waals surface area contributed by atoms with Crippen LogP contribution in [0.15, 0.2) is 12.2 Å². The van der Waals surface area contributed by atoms with Crippen molar-refractivity contribution in [3.63, 3.8) is 0 Å². The highest BCUT2D eigenvalue weighted by Gasteiger charge is 2.11. The van der Waals surface area contributed by atoms with E-state index in [0.29, 0.717) is 6.42 Å². The van der Waals surface area contributed by atoms with Gasteiger partial charge in [0.1, 0.15) is 0 Å². The first-order valence-corrected chi connectivity index (χ1v) is 8.10. The van der Waals surface area contributed by atoms with E-state index in [4.69, 9.17) is 5.11 Å². The van der Waals surface area contributed by atoms with Gasteiger partial charge in [-0.05, 0) is 25.7 Å². The molecule has 1 unspecified atom stereocenters. The largest absolute Gasteiger partial charge is 0.481 e. The lowest BCUT2D eigenvalue weighted by Crippen LogP contribution is -2.11. The molecule has 0 heterocycles. The molecule has 0 amide bonds. The van der Waals surface area contributed by atoms with E-state index in [1.807, 2.05) is 13.0 Å². The Kier molecular flexibility index (Phi) is 13.1. The predicted molar refractivity (Wildman–Crippen MR) is 82.4 cm³/mol. The highest BCUT2D eigenvalue weighted by Crippen LogP contribution is 2.11. The Morgan fingerprint density at radius 3 is 2.05 bits per heavy atom. The molecule has 112 valence electrons. The summed E-state index contributed by atoms with van der Waals surface area (Å²) in [5.74, 6) is -0.867. The maximum absolute atomic E-state index is 10.8. The van der Waals surface area contributed by atoms with E-state index in [-0.39, 0.29) is 5.92 Å². The van der Waals surface area contributed by atoms with Crippen molar-refractivity contribution in [3.05, 3.63) is 12.2 Å². The fraction of sp³-hybridized carbons (Fsp3) is 0.824. The van der Waals surface area contributed by atoms with Crippen molar-refractivity contribution in [3.8, 4) is 0 Å². The van der Waals surface area contributed by atoms with Crippen LogP contribution in [-0.2, 0) is 4.79 Å². The zero-order valence-electron chi connectivity index (χ0n) is 12.9. The van der Waals surface area contributed by atoms with Crippen LogP contribution < -0.4 is 0 Å². The quantitative estimate of drug-likeness (QED) is 0.350. The van der Waals surface area contributed by atoms with Crippen LogP contribution in [-0.4, -0.2) is 11.1 Å². The van der Waals surface area contributed by atoms with Crippen molar-refractivity contribution < 1.29 is 9.90 Å². The molecule has 0 aliphatic carbocycles. The van der Waals surface area contributed by atoms with Gasteiger partial charge in [0.2, 0.25) is 0 Å². The van der Waals surface area contributed by atoms with Gasteiger partial charge in [-0.1, -0.05) is 70.9 Å². The minimum absolute atomic E-state index is 0.199. The lowest BCUT2D eigenvalue weighted by molar-refractivity contribution is -0.141. The summed E-state index contributed by atoms with van der Waals surface area (Å²) in [6, 6.07) is 0. The summed E-state index contributed by atoms with van der Waals surface area (Å²) in [4.78, 5) is 10.8. The summed E-state index contributed by atoms with van der Waals surface area (Å²) in [6.07, 6.45) is 17.5. The molecular weight excluding hydrogens is 236 g/mol. The van der Waals surface area contributed by atoms with Gasteiger partial charge in [0.25, 0.3) is 0 Å². The first kappa shape index (κ1) is 18.2. The van der Waals surface area contributed by atoms with Crippen LogP contribution >= 0.6 is 0 Å². The highest BCUT2D eigenvalue weighted by molar-refractivity contribution is 5.70. The summed E-state index contributed by atoms with van der Waals surface area (Å²) < 4.78 is 0. The summed E-state index contributed by atoms with van der Waals surface area (Å²) in [6.45, 7) is 4.19. The topological polar surface area (TPSA) is 37.3 Å². The summed E-state index contributed by atoms with van der Waals surface area (Å²) in [7, 11) is 0. The molecule has 0 bridgehead atoms. The maximum atomic E-state index is 10.8. The van der Waals surface area contributed by atoms with Gasteiger partial charge < -0.3 is 5.11 Å². The average Bonchev–Trinajstić information content (AvgIpc) is 2.40. The molecule has 0 aliphatic heterocycles. The minimum atomic E-state index is -0.667. The van der Waals surface area contributed by atoms with Crippen LogP contribution in [0, 0.1) is 5.92 Å². The van der Waals surface area contributed by atoms with E-state index in [9.17, 15) is 4.79 Å². The zero-order valence-corrected chi connectivity index (χ0v) is 12.9. The molecule has 0 saturated heterocycles. The molecule has 0 aliphatic rings. The fourth-order valence-corrected chi connectivity index (χ4v) is 2.22. The first-order valence-electron chi connectivity index (χ1n) is 8.10. The van der Waals surface area contributed by atoms with Crippen LogP contribution in [0.5, 0.6) is 0 Å². The molecule has 2 nitrogen and oxygen atoms in total. The third kappa shape index (κ3) is 12.0. The molecular formula is C17H32O2. The Balaban J connectivity index is 3.32. The van der Waals surface area contributed by atoms with Crippen LogP contribution in [0.4, 0.5) is 0 Å². The smallest absolute Gasteiger partial charge is 0.306 e. The monoisotopic (exact) mass is 268 g/mol. The Bertz CT molecular complexity index is 233. The minimum Gasteiger partial charge on any atom is -0.481 e. The lowest BCUT2D eigenvalue weighted by Gasteiger charge is -2.04. The maximum Gasteiger partial charge on any atom is 0.306 e. The number of carbonyl (C=O) groups is 1. The van der Waals surface area contributed by atoms with Crippen LogP contribution in [0.3, 0.4) is 0 Å². The van der Waals surface area contributed by atoms with Gasteiger partial charge in [-0.3, -0.25) is 4.79 Å². The Morgan fingerprint density at radius 1 is 0.947 bits per heavy atom. The van der Waals surface area contributed by atoms with Crippen molar-refractivity contribution in [1.29, 1.82) is 0 Å². The average molecular weight is 268 g/mol. The number of carboxylic acids is 1.